The number of nitrogens with zero attached hydrogens (tertiary/aromatic N) is 1. The lowest BCUT2D eigenvalue weighted by Gasteiger charge is -2.23. The van der Waals surface area contributed by atoms with Crippen LogP contribution in [0.4, 0.5) is 0 Å². The summed E-state index contributed by atoms with van der Waals surface area (Å²) in [7, 11) is 4.01. The van der Waals surface area contributed by atoms with Crippen molar-refractivity contribution < 1.29 is 9.59 Å². The average molecular weight is 337 g/mol. The van der Waals surface area contributed by atoms with E-state index in [1.165, 1.54) is 11.8 Å². The minimum Gasteiger partial charge on any atom is -0.351 e. The van der Waals surface area contributed by atoms with E-state index in [0.717, 1.165) is 13.0 Å². The number of carbonyl (C=O) groups is 2. The van der Waals surface area contributed by atoms with E-state index in [4.69, 9.17) is 0 Å². The first-order chi connectivity index (χ1) is 10.9. The number of benzene rings is 1. The van der Waals surface area contributed by atoms with E-state index in [9.17, 15) is 9.59 Å². The Bertz CT molecular complexity index is 479. The predicted molar refractivity (Wildman–Crippen MR) is 98.0 cm³/mol. The van der Waals surface area contributed by atoms with Crippen LogP contribution in [0.2, 0.25) is 0 Å². The Morgan fingerprint density at radius 1 is 1.13 bits per heavy atom. The molecule has 0 aliphatic rings. The second-order valence-corrected chi connectivity index (χ2v) is 7.42. The first-order valence-electron chi connectivity index (χ1n) is 7.98. The summed E-state index contributed by atoms with van der Waals surface area (Å²) in [5.74, 6) is 1.26. The fourth-order valence-corrected chi connectivity index (χ4v) is 3.12. The van der Waals surface area contributed by atoms with Crippen molar-refractivity contribution >= 4 is 23.5 Å². The van der Waals surface area contributed by atoms with Crippen molar-refractivity contribution in [2.75, 3.05) is 32.1 Å². The number of nitrogens with one attached hydrogen (secondary N) is 1. The zero-order valence-corrected chi connectivity index (χ0v) is 15.4. The number of Topliss-reactive ketones (excluding diaryl/α,β-unsaturated/α-hetero) is 1. The van der Waals surface area contributed by atoms with Gasteiger partial charge < -0.3 is 10.2 Å². The van der Waals surface area contributed by atoms with E-state index >= 15 is 0 Å². The number of rotatable bonds is 10. The molecule has 1 aromatic rings. The van der Waals surface area contributed by atoms with E-state index in [0.29, 0.717) is 23.0 Å². The van der Waals surface area contributed by atoms with Gasteiger partial charge in [0.1, 0.15) is 0 Å². The molecule has 0 fully saturated rings. The molecule has 0 aliphatic heterocycles. The van der Waals surface area contributed by atoms with Gasteiger partial charge in [-0.25, -0.2) is 0 Å². The maximum absolute atomic E-state index is 12.1. The van der Waals surface area contributed by atoms with Crippen LogP contribution in [0.15, 0.2) is 30.3 Å². The number of thioether (sulfide) groups is 1. The van der Waals surface area contributed by atoms with Crippen LogP contribution in [-0.4, -0.2) is 54.8 Å². The summed E-state index contributed by atoms with van der Waals surface area (Å²) in [6.07, 6.45) is 0.956. The van der Waals surface area contributed by atoms with Crippen LogP contribution >= 0.6 is 11.8 Å². The van der Waals surface area contributed by atoms with E-state index < -0.39 is 0 Å². The Labute approximate surface area is 144 Å². The molecular weight excluding hydrogens is 308 g/mol. The van der Waals surface area contributed by atoms with Crippen molar-refractivity contribution in [1.29, 1.82) is 0 Å². The van der Waals surface area contributed by atoms with Gasteiger partial charge in [0.2, 0.25) is 5.91 Å². The van der Waals surface area contributed by atoms with E-state index in [1.54, 1.807) is 12.1 Å². The zero-order chi connectivity index (χ0) is 17.2. The summed E-state index contributed by atoms with van der Waals surface area (Å²) < 4.78 is 0. The highest BCUT2D eigenvalue weighted by molar-refractivity contribution is 8.00. The topological polar surface area (TPSA) is 49.4 Å². The predicted octanol–water partition coefficient (Wildman–Crippen LogP) is 2.70. The second-order valence-electron chi connectivity index (χ2n) is 6.44. The molecule has 0 saturated carbocycles. The van der Waals surface area contributed by atoms with Crippen molar-refractivity contribution in [3.05, 3.63) is 35.9 Å². The maximum Gasteiger partial charge on any atom is 0.230 e. The molecule has 0 spiro atoms. The van der Waals surface area contributed by atoms with Gasteiger partial charge in [-0.2, -0.15) is 0 Å². The molecule has 0 bridgehead atoms. The minimum absolute atomic E-state index is 0.00311. The number of hydrogen-bond acceptors (Lipinski definition) is 4. The number of carbonyl (C=O) groups excluding carboxylic acids is 2. The van der Waals surface area contributed by atoms with Gasteiger partial charge in [0.25, 0.3) is 0 Å². The van der Waals surface area contributed by atoms with Gasteiger partial charge in [-0.15, -0.1) is 11.8 Å². The molecule has 1 rings (SSSR count). The third-order valence-corrected chi connectivity index (χ3v) is 4.20. The fraction of sp³-hybridized carbons (Fsp3) is 0.556. The molecule has 0 heterocycles. The molecule has 0 radical (unpaired) electrons. The Morgan fingerprint density at radius 3 is 2.35 bits per heavy atom. The molecule has 128 valence electrons. The molecule has 0 saturated heterocycles. The van der Waals surface area contributed by atoms with Crippen LogP contribution in [0, 0.1) is 5.92 Å². The monoisotopic (exact) mass is 336 g/mol. The van der Waals surface area contributed by atoms with Crippen LogP contribution < -0.4 is 5.32 Å². The highest BCUT2D eigenvalue weighted by Gasteiger charge is 2.15. The summed E-state index contributed by atoms with van der Waals surface area (Å²) in [6, 6.07) is 9.35. The van der Waals surface area contributed by atoms with Crippen LogP contribution in [0.1, 0.15) is 30.6 Å². The lowest BCUT2D eigenvalue weighted by Crippen LogP contribution is -2.43. The Kier molecular flexibility index (Phi) is 8.95. The molecule has 4 nitrogen and oxygen atoms in total. The molecule has 1 unspecified atom stereocenters. The number of ketones is 1. The van der Waals surface area contributed by atoms with Gasteiger partial charge in [0, 0.05) is 18.2 Å². The molecular formula is C18H28N2O2S. The second kappa shape index (κ2) is 10.4. The molecule has 0 aromatic heterocycles. The van der Waals surface area contributed by atoms with Gasteiger partial charge in [-0.05, 0) is 26.4 Å². The van der Waals surface area contributed by atoms with Crippen molar-refractivity contribution in [3.63, 3.8) is 0 Å². The van der Waals surface area contributed by atoms with Crippen molar-refractivity contribution in [3.8, 4) is 0 Å². The fourth-order valence-electron chi connectivity index (χ4n) is 2.40. The molecule has 1 amide bonds. The van der Waals surface area contributed by atoms with Crippen LogP contribution in [0.5, 0.6) is 0 Å². The SMILES string of the molecule is CC(C)CC(CN(C)C)NC(=O)CSCC(=O)c1ccccc1. The Morgan fingerprint density at radius 2 is 1.78 bits per heavy atom. The third kappa shape index (κ3) is 8.77. The third-order valence-electron chi connectivity index (χ3n) is 3.27. The minimum atomic E-state index is 0.00311. The smallest absolute Gasteiger partial charge is 0.230 e. The molecule has 1 aromatic carbocycles. The number of amides is 1. The van der Waals surface area contributed by atoms with E-state index in [1.807, 2.05) is 32.3 Å². The Balaban J connectivity index is 2.35. The lowest BCUT2D eigenvalue weighted by atomic mass is 10.0. The maximum atomic E-state index is 12.1. The average Bonchev–Trinajstić information content (AvgIpc) is 2.46. The first-order valence-corrected chi connectivity index (χ1v) is 9.14. The molecule has 5 heteroatoms. The first kappa shape index (κ1) is 19.7. The van der Waals surface area contributed by atoms with Crippen molar-refractivity contribution in [1.82, 2.24) is 10.2 Å². The summed E-state index contributed by atoms with van der Waals surface area (Å²) in [5.41, 5.74) is 0.700. The van der Waals surface area contributed by atoms with Gasteiger partial charge in [0.15, 0.2) is 5.78 Å². The quantitative estimate of drug-likeness (QED) is 0.668. The largest absolute Gasteiger partial charge is 0.351 e. The van der Waals surface area contributed by atoms with E-state index in [2.05, 4.69) is 24.1 Å². The van der Waals surface area contributed by atoms with Gasteiger partial charge in [0.05, 0.1) is 11.5 Å². The van der Waals surface area contributed by atoms with Gasteiger partial charge >= 0.3 is 0 Å². The highest BCUT2D eigenvalue weighted by atomic mass is 32.2. The van der Waals surface area contributed by atoms with Crippen molar-refractivity contribution in [2.24, 2.45) is 5.92 Å². The van der Waals surface area contributed by atoms with Gasteiger partial charge in [-0.3, -0.25) is 9.59 Å². The normalized spacial score (nSPS) is 12.4. The van der Waals surface area contributed by atoms with Crippen LogP contribution in [-0.2, 0) is 4.79 Å². The van der Waals surface area contributed by atoms with Crippen molar-refractivity contribution in [2.45, 2.75) is 26.3 Å². The van der Waals surface area contributed by atoms with Crippen LogP contribution in [0.25, 0.3) is 0 Å². The standard InChI is InChI=1S/C18H28N2O2S/c1-14(2)10-16(11-20(3)4)19-18(22)13-23-12-17(21)15-8-6-5-7-9-15/h5-9,14,16H,10-13H2,1-4H3,(H,19,22). The lowest BCUT2D eigenvalue weighted by molar-refractivity contribution is -0.119. The molecule has 1 N–H and O–H groups in total. The summed E-state index contributed by atoms with van der Waals surface area (Å²) in [5, 5.41) is 3.08. The molecule has 0 aliphatic carbocycles. The summed E-state index contributed by atoms with van der Waals surface area (Å²) >= 11 is 1.37. The summed E-state index contributed by atoms with van der Waals surface area (Å²) in [6.45, 7) is 5.14. The van der Waals surface area contributed by atoms with Crippen LogP contribution in [0.3, 0.4) is 0 Å². The Hall–Kier alpha value is -1.33. The number of hydrogen-bond donors (Lipinski definition) is 1. The zero-order valence-electron chi connectivity index (χ0n) is 14.5. The number of likely N-dealkylation sites (N-methyl/N-ethyl adjacent to an activating group) is 1. The summed E-state index contributed by atoms with van der Waals surface area (Å²) in [4.78, 5) is 26.1. The van der Waals surface area contributed by atoms with E-state index in [-0.39, 0.29) is 17.7 Å². The highest BCUT2D eigenvalue weighted by Crippen LogP contribution is 2.09. The molecule has 23 heavy (non-hydrogen) atoms. The van der Waals surface area contributed by atoms with Gasteiger partial charge in [-0.1, -0.05) is 44.2 Å². The molecule has 1 atom stereocenters.